The molecule has 2 aromatic carbocycles. The van der Waals surface area contributed by atoms with Crippen LogP contribution in [0, 0.1) is 27.7 Å². The first-order chi connectivity index (χ1) is 13.0. The van der Waals surface area contributed by atoms with Crippen molar-refractivity contribution in [2.24, 2.45) is 5.10 Å². The number of carbonyl (C=O) groups excluding carboxylic acids is 1. The Kier molecular flexibility index (Phi) is 5.41. The van der Waals surface area contributed by atoms with Gasteiger partial charge in [-0.05, 0) is 57.0 Å². The van der Waals surface area contributed by atoms with Crippen molar-refractivity contribution >= 4 is 17.9 Å². The van der Waals surface area contributed by atoms with E-state index in [-0.39, 0.29) is 6.03 Å². The summed E-state index contributed by atoms with van der Waals surface area (Å²) in [4.78, 5) is 11.9. The first-order valence-corrected chi connectivity index (χ1v) is 8.88. The predicted octanol–water partition coefficient (Wildman–Crippen LogP) is 4.87. The lowest BCUT2D eigenvalue weighted by atomic mass is 10.1. The van der Waals surface area contributed by atoms with Gasteiger partial charge in [-0.2, -0.15) is 5.10 Å². The van der Waals surface area contributed by atoms with Crippen LogP contribution in [0.5, 0.6) is 0 Å². The molecule has 138 valence electrons. The summed E-state index contributed by atoms with van der Waals surface area (Å²) < 4.78 is 2.23. The maximum absolute atomic E-state index is 11.9. The molecule has 0 fully saturated rings. The molecular formula is C22H24N4O. The highest BCUT2D eigenvalue weighted by atomic mass is 16.2. The number of nitrogens with zero attached hydrogens (tertiary/aromatic N) is 2. The summed E-state index contributed by atoms with van der Waals surface area (Å²) in [5, 5.41) is 6.82. The second-order valence-corrected chi connectivity index (χ2v) is 6.59. The van der Waals surface area contributed by atoms with E-state index in [9.17, 15) is 4.79 Å². The van der Waals surface area contributed by atoms with E-state index in [1.807, 2.05) is 30.3 Å². The number of urea groups is 1. The van der Waals surface area contributed by atoms with Gasteiger partial charge in [0.15, 0.2) is 0 Å². The highest BCUT2D eigenvalue weighted by molar-refractivity contribution is 5.90. The van der Waals surface area contributed by atoms with Gasteiger partial charge < -0.3 is 9.88 Å². The highest BCUT2D eigenvalue weighted by Gasteiger charge is 2.13. The second-order valence-electron chi connectivity index (χ2n) is 6.59. The number of amides is 2. The summed E-state index contributed by atoms with van der Waals surface area (Å²) in [5.41, 5.74) is 10.0. The molecule has 27 heavy (non-hydrogen) atoms. The van der Waals surface area contributed by atoms with Crippen LogP contribution in [0.2, 0.25) is 0 Å². The molecule has 1 heterocycles. The number of aromatic nitrogens is 1. The number of hydrogen-bond acceptors (Lipinski definition) is 2. The van der Waals surface area contributed by atoms with Crippen LogP contribution in [0.4, 0.5) is 10.5 Å². The maximum Gasteiger partial charge on any atom is 0.339 e. The number of aryl methyl sites for hydroxylation is 3. The van der Waals surface area contributed by atoms with Crippen LogP contribution in [0.3, 0.4) is 0 Å². The van der Waals surface area contributed by atoms with Crippen molar-refractivity contribution in [1.82, 2.24) is 9.99 Å². The van der Waals surface area contributed by atoms with Crippen LogP contribution in [-0.4, -0.2) is 16.8 Å². The molecule has 3 rings (SSSR count). The summed E-state index contributed by atoms with van der Waals surface area (Å²) in [6, 6.07) is 17.3. The normalized spacial score (nSPS) is 11.0. The minimum atomic E-state index is -0.374. The Morgan fingerprint density at radius 2 is 1.63 bits per heavy atom. The summed E-state index contributed by atoms with van der Waals surface area (Å²) in [6.45, 7) is 8.37. The third kappa shape index (κ3) is 4.08. The molecule has 5 nitrogen and oxygen atoms in total. The standard InChI is InChI=1S/C22H24N4O/c1-15-9-8-10-16(2)21(15)26-17(3)13-19(18(26)4)14-23-25-22(27)24-20-11-6-5-7-12-20/h5-14H,1-4H3,(H2,24,25,27). The zero-order chi connectivity index (χ0) is 19.4. The summed E-state index contributed by atoms with van der Waals surface area (Å²) in [7, 11) is 0. The molecule has 5 heteroatoms. The lowest BCUT2D eigenvalue weighted by molar-refractivity contribution is 0.252. The molecule has 0 aliphatic heterocycles. The third-order valence-electron chi connectivity index (χ3n) is 4.53. The average Bonchev–Trinajstić information content (AvgIpc) is 2.90. The molecule has 2 N–H and O–H groups in total. The van der Waals surface area contributed by atoms with Crippen molar-refractivity contribution in [3.63, 3.8) is 0 Å². The Bertz CT molecular complexity index is 967. The number of anilines is 1. The van der Waals surface area contributed by atoms with E-state index < -0.39 is 0 Å². The summed E-state index contributed by atoms with van der Waals surface area (Å²) in [6.07, 6.45) is 1.68. The fraction of sp³-hybridized carbons (Fsp3) is 0.182. The molecule has 0 atom stereocenters. The number of para-hydroxylation sites is 2. The van der Waals surface area contributed by atoms with E-state index >= 15 is 0 Å². The number of hydrogen-bond donors (Lipinski definition) is 2. The molecule has 0 bridgehead atoms. The van der Waals surface area contributed by atoms with Crippen molar-refractivity contribution in [3.05, 3.63) is 82.7 Å². The molecule has 3 aromatic rings. The van der Waals surface area contributed by atoms with Crippen LogP contribution >= 0.6 is 0 Å². The summed E-state index contributed by atoms with van der Waals surface area (Å²) in [5.74, 6) is 0. The lowest BCUT2D eigenvalue weighted by Gasteiger charge is -2.15. The van der Waals surface area contributed by atoms with Gasteiger partial charge in [0.05, 0.1) is 11.9 Å². The minimum Gasteiger partial charge on any atom is -0.317 e. The van der Waals surface area contributed by atoms with Gasteiger partial charge in [-0.3, -0.25) is 0 Å². The van der Waals surface area contributed by atoms with E-state index in [0.29, 0.717) is 0 Å². The van der Waals surface area contributed by atoms with Crippen LogP contribution in [-0.2, 0) is 0 Å². The fourth-order valence-electron chi connectivity index (χ4n) is 3.26. The quantitative estimate of drug-likeness (QED) is 0.506. The fourth-order valence-corrected chi connectivity index (χ4v) is 3.26. The molecule has 0 aliphatic rings. The van der Waals surface area contributed by atoms with Gasteiger partial charge in [0, 0.05) is 22.6 Å². The Morgan fingerprint density at radius 1 is 0.963 bits per heavy atom. The zero-order valence-corrected chi connectivity index (χ0v) is 16.1. The van der Waals surface area contributed by atoms with Gasteiger partial charge in [0.25, 0.3) is 0 Å². The largest absolute Gasteiger partial charge is 0.339 e. The predicted molar refractivity (Wildman–Crippen MR) is 111 cm³/mol. The number of carbonyl (C=O) groups is 1. The SMILES string of the molecule is Cc1cccc(C)c1-n1c(C)cc(C=NNC(=O)Nc2ccccc2)c1C. The summed E-state index contributed by atoms with van der Waals surface area (Å²) >= 11 is 0. The second kappa shape index (κ2) is 7.91. The number of nitrogens with one attached hydrogen (secondary N) is 2. The highest BCUT2D eigenvalue weighted by Crippen LogP contribution is 2.25. The van der Waals surface area contributed by atoms with Crippen LogP contribution in [0.15, 0.2) is 59.7 Å². The van der Waals surface area contributed by atoms with Crippen molar-refractivity contribution in [2.75, 3.05) is 5.32 Å². The van der Waals surface area contributed by atoms with Gasteiger partial charge in [0.2, 0.25) is 0 Å². The van der Waals surface area contributed by atoms with Gasteiger partial charge in [0.1, 0.15) is 0 Å². The Balaban J connectivity index is 1.77. The smallest absolute Gasteiger partial charge is 0.317 e. The topological polar surface area (TPSA) is 58.4 Å². The van der Waals surface area contributed by atoms with Crippen molar-refractivity contribution in [2.45, 2.75) is 27.7 Å². The molecule has 2 amide bonds. The third-order valence-corrected chi connectivity index (χ3v) is 4.53. The first kappa shape index (κ1) is 18.5. The molecule has 0 radical (unpaired) electrons. The zero-order valence-electron chi connectivity index (χ0n) is 16.1. The molecular weight excluding hydrogens is 336 g/mol. The van der Waals surface area contributed by atoms with Gasteiger partial charge in [-0.25, -0.2) is 10.2 Å². The average molecular weight is 360 g/mol. The molecule has 0 aliphatic carbocycles. The van der Waals surface area contributed by atoms with Gasteiger partial charge >= 0.3 is 6.03 Å². The minimum absolute atomic E-state index is 0.374. The van der Waals surface area contributed by atoms with E-state index in [2.05, 4.69) is 72.4 Å². The van der Waals surface area contributed by atoms with Gasteiger partial charge in [-0.1, -0.05) is 36.4 Å². The van der Waals surface area contributed by atoms with Crippen molar-refractivity contribution in [1.29, 1.82) is 0 Å². The monoisotopic (exact) mass is 360 g/mol. The molecule has 0 spiro atoms. The first-order valence-electron chi connectivity index (χ1n) is 8.88. The molecule has 0 saturated carbocycles. The molecule has 1 aromatic heterocycles. The molecule has 0 saturated heterocycles. The van der Waals surface area contributed by atoms with Gasteiger partial charge in [-0.15, -0.1) is 0 Å². The molecule has 0 unspecified atom stereocenters. The number of benzene rings is 2. The Morgan fingerprint density at radius 3 is 2.30 bits per heavy atom. The van der Waals surface area contributed by atoms with Crippen LogP contribution < -0.4 is 10.7 Å². The van der Waals surface area contributed by atoms with E-state index in [1.54, 1.807) is 6.21 Å². The van der Waals surface area contributed by atoms with Crippen LogP contribution in [0.25, 0.3) is 5.69 Å². The van der Waals surface area contributed by atoms with E-state index in [4.69, 9.17) is 0 Å². The maximum atomic E-state index is 11.9. The van der Waals surface area contributed by atoms with Crippen molar-refractivity contribution in [3.8, 4) is 5.69 Å². The van der Waals surface area contributed by atoms with Crippen LogP contribution in [0.1, 0.15) is 28.1 Å². The van der Waals surface area contributed by atoms with E-state index in [0.717, 1.165) is 22.6 Å². The lowest BCUT2D eigenvalue weighted by Crippen LogP contribution is -2.24. The van der Waals surface area contributed by atoms with Crippen molar-refractivity contribution < 1.29 is 4.79 Å². The number of hydrazone groups is 1. The Hall–Kier alpha value is -3.34. The Labute approximate surface area is 159 Å². The number of rotatable bonds is 4. The van der Waals surface area contributed by atoms with E-state index in [1.165, 1.54) is 16.8 Å².